The average Bonchev–Trinajstić information content (AvgIpc) is 2.61. The number of piperidine rings is 1. The topological polar surface area (TPSA) is 12.5 Å². The zero-order valence-corrected chi connectivity index (χ0v) is 16.3. The first-order chi connectivity index (χ1) is 11.8. The summed E-state index contributed by atoms with van der Waals surface area (Å²) in [6, 6.07) is 17.2. The summed E-state index contributed by atoms with van der Waals surface area (Å²) in [7, 11) is 0. The third-order valence-corrected chi connectivity index (χ3v) is 4.76. The molecule has 0 N–H and O–H groups in total. The SMILES string of the molecule is Br.Fc1cccc(OCCCN2CCC(Cc3ccccc3)CC2)c1. The summed E-state index contributed by atoms with van der Waals surface area (Å²) in [6.07, 6.45) is 4.75. The molecule has 25 heavy (non-hydrogen) atoms. The van der Waals surface area contributed by atoms with Crippen molar-refractivity contribution in [1.82, 2.24) is 4.90 Å². The Morgan fingerprint density at radius 2 is 1.76 bits per heavy atom. The molecule has 0 unspecified atom stereocenters. The maximum absolute atomic E-state index is 13.1. The number of ether oxygens (including phenoxy) is 1. The zero-order chi connectivity index (χ0) is 16.6. The standard InChI is InChI=1S/C21H26FNO.BrH/c22-20-8-4-9-21(17-20)24-15-5-12-23-13-10-19(11-14-23)16-18-6-2-1-3-7-18;/h1-4,6-9,17,19H,5,10-16H2;1H. The van der Waals surface area contributed by atoms with Crippen molar-refractivity contribution >= 4 is 17.0 Å². The van der Waals surface area contributed by atoms with Crippen molar-refractivity contribution in [2.75, 3.05) is 26.2 Å². The second-order valence-electron chi connectivity index (χ2n) is 6.63. The van der Waals surface area contributed by atoms with Crippen molar-refractivity contribution in [3.8, 4) is 5.75 Å². The molecule has 1 aliphatic rings. The van der Waals surface area contributed by atoms with Gasteiger partial charge in [-0.05, 0) is 62.4 Å². The summed E-state index contributed by atoms with van der Waals surface area (Å²) in [6.45, 7) is 4.07. The van der Waals surface area contributed by atoms with Gasteiger partial charge in [0, 0.05) is 12.6 Å². The predicted octanol–water partition coefficient (Wildman–Crippen LogP) is 5.13. The van der Waals surface area contributed by atoms with Crippen LogP contribution in [-0.4, -0.2) is 31.1 Å². The first kappa shape index (κ1) is 19.9. The number of nitrogens with zero attached hydrogens (tertiary/aromatic N) is 1. The van der Waals surface area contributed by atoms with E-state index in [9.17, 15) is 4.39 Å². The van der Waals surface area contributed by atoms with Crippen LogP contribution in [0.25, 0.3) is 0 Å². The van der Waals surface area contributed by atoms with Gasteiger partial charge in [-0.15, -0.1) is 17.0 Å². The van der Waals surface area contributed by atoms with Gasteiger partial charge < -0.3 is 9.64 Å². The molecule has 0 amide bonds. The Labute approximate surface area is 160 Å². The molecule has 1 heterocycles. The minimum atomic E-state index is -0.243. The number of hydrogen-bond acceptors (Lipinski definition) is 2. The van der Waals surface area contributed by atoms with Crippen LogP contribution >= 0.6 is 17.0 Å². The fourth-order valence-corrected chi connectivity index (χ4v) is 3.40. The first-order valence-electron chi connectivity index (χ1n) is 8.94. The highest BCUT2D eigenvalue weighted by molar-refractivity contribution is 8.93. The van der Waals surface area contributed by atoms with Gasteiger partial charge in [0.1, 0.15) is 11.6 Å². The molecule has 0 saturated carbocycles. The minimum absolute atomic E-state index is 0. The van der Waals surface area contributed by atoms with Gasteiger partial charge in [-0.25, -0.2) is 4.39 Å². The molecule has 0 atom stereocenters. The van der Waals surface area contributed by atoms with Gasteiger partial charge in [-0.1, -0.05) is 36.4 Å². The molecular formula is C21H27BrFNO. The van der Waals surface area contributed by atoms with Crippen LogP contribution in [0, 0.1) is 11.7 Å². The van der Waals surface area contributed by atoms with Crippen LogP contribution in [0.2, 0.25) is 0 Å². The number of benzene rings is 2. The van der Waals surface area contributed by atoms with E-state index in [4.69, 9.17) is 4.74 Å². The molecule has 0 aromatic heterocycles. The highest BCUT2D eigenvalue weighted by Crippen LogP contribution is 2.21. The van der Waals surface area contributed by atoms with Crippen LogP contribution in [0.3, 0.4) is 0 Å². The van der Waals surface area contributed by atoms with E-state index >= 15 is 0 Å². The maximum atomic E-state index is 13.1. The fraction of sp³-hybridized carbons (Fsp3) is 0.429. The Morgan fingerprint density at radius 1 is 1.00 bits per heavy atom. The van der Waals surface area contributed by atoms with Crippen LogP contribution in [0.4, 0.5) is 4.39 Å². The molecule has 0 radical (unpaired) electrons. The van der Waals surface area contributed by atoms with E-state index < -0.39 is 0 Å². The predicted molar refractivity (Wildman–Crippen MR) is 106 cm³/mol. The molecule has 4 heteroatoms. The third kappa shape index (κ3) is 6.79. The highest BCUT2D eigenvalue weighted by atomic mass is 79.9. The molecule has 1 aliphatic heterocycles. The molecular weight excluding hydrogens is 381 g/mol. The van der Waals surface area contributed by atoms with Gasteiger partial charge in [-0.3, -0.25) is 0 Å². The molecule has 3 rings (SSSR count). The normalized spacial score (nSPS) is 15.6. The largest absolute Gasteiger partial charge is 0.493 e. The smallest absolute Gasteiger partial charge is 0.126 e. The second kappa shape index (κ2) is 10.6. The van der Waals surface area contributed by atoms with Crippen molar-refractivity contribution in [3.63, 3.8) is 0 Å². The second-order valence-corrected chi connectivity index (χ2v) is 6.63. The van der Waals surface area contributed by atoms with Gasteiger partial charge in [0.15, 0.2) is 0 Å². The zero-order valence-electron chi connectivity index (χ0n) is 14.6. The Morgan fingerprint density at radius 3 is 2.48 bits per heavy atom. The van der Waals surface area contributed by atoms with Crippen LogP contribution < -0.4 is 4.74 Å². The van der Waals surface area contributed by atoms with E-state index in [0.29, 0.717) is 12.4 Å². The van der Waals surface area contributed by atoms with Crippen LogP contribution in [0.5, 0.6) is 5.75 Å². The number of halogens is 2. The van der Waals surface area contributed by atoms with Gasteiger partial charge in [0.2, 0.25) is 0 Å². The number of rotatable bonds is 7. The Hall–Kier alpha value is -1.39. The maximum Gasteiger partial charge on any atom is 0.126 e. The van der Waals surface area contributed by atoms with Crippen molar-refractivity contribution in [1.29, 1.82) is 0 Å². The van der Waals surface area contributed by atoms with Crippen molar-refractivity contribution in [2.45, 2.75) is 25.7 Å². The van der Waals surface area contributed by atoms with E-state index in [1.807, 2.05) is 0 Å². The van der Waals surface area contributed by atoms with E-state index in [1.165, 1.54) is 50.0 Å². The number of hydrogen-bond donors (Lipinski definition) is 0. The first-order valence-corrected chi connectivity index (χ1v) is 8.94. The molecule has 0 bridgehead atoms. The van der Waals surface area contributed by atoms with E-state index in [0.717, 1.165) is 18.9 Å². The Balaban J connectivity index is 0.00000225. The lowest BCUT2D eigenvalue weighted by atomic mass is 9.90. The van der Waals surface area contributed by atoms with E-state index in [-0.39, 0.29) is 22.8 Å². The summed E-state index contributed by atoms with van der Waals surface area (Å²) in [5.74, 6) is 1.19. The summed E-state index contributed by atoms with van der Waals surface area (Å²) in [4.78, 5) is 2.52. The Bertz CT molecular complexity index is 614. The van der Waals surface area contributed by atoms with E-state index in [2.05, 4.69) is 35.2 Å². The molecule has 2 aromatic carbocycles. The lowest BCUT2D eigenvalue weighted by Crippen LogP contribution is -2.35. The minimum Gasteiger partial charge on any atom is -0.493 e. The quantitative estimate of drug-likeness (QED) is 0.589. The Kier molecular flexibility index (Phi) is 8.42. The number of likely N-dealkylation sites (tertiary alicyclic amines) is 1. The van der Waals surface area contributed by atoms with Gasteiger partial charge in [0.05, 0.1) is 6.61 Å². The van der Waals surface area contributed by atoms with E-state index in [1.54, 1.807) is 12.1 Å². The van der Waals surface area contributed by atoms with Gasteiger partial charge in [-0.2, -0.15) is 0 Å². The van der Waals surface area contributed by atoms with Gasteiger partial charge in [0.25, 0.3) is 0 Å². The van der Waals surface area contributed by atoms with Crippen molar-refractivity contribution in [3.05, 3.63) is 66.0 Å². The van der Waals surface area contributed by atoms with Crippen LogP contribution in [0.15, 0.2) is 54.6 Å². The summed E-state index contributed by atoms with van der Waals surface area (Å²) >= 11 is 0. The van der Waals surface area contributed by atoms with Gasteiger partial charge >= 0.3 is 0 Å². The fourth-order valence-electron chi connectivity index (χ4n) is 3.40. The lowest BCUT2D eigenvalue weighted by Gasteiger charge is -2.32. The van der Waals surface area contributed by atoms with Crippen molar-refractivity contribution in [2.24, 2.45) is 5.92 Å². The molecule has 2 nitrogen and oxygen atoms in total. The van der Waals surface area contributed by atoms with Crippen LogP contribution in [-0.2, 0) is 6.42 Å². The van der Waals surface area contributed by atoms with Crippen molar-refractivity contribution < 1.29 is 9.13 Å². The molecule has 136 valence electrons. The summed E-state index contributed by atoms with van der Waals surface area (Å²) < 4.78 is 18.7. The molecule has 0 aliphatic carbocycles. The highest BCUT2D eigenvalue weighted by Gasteiger charge is 2.18. The monoisotopic (exact) mass is 407 g/mol. The molecule has 1 saturated heterocycles. The molecule has 0 spiro atoms. The molecule has 1 fully saturated rings. The van der Waals surface area contributed by atoms with Crippen LogP contribution in [0.1, 0.15) is 24.8 Å². The third-order valence-electron chi connectivity index (χ3n) is 4.76. The molecule has 2 aromatic rings. The summed E-state index contributed by atoms with van der Waals surface area (Å²) in [5.41, 5.74) is 1.46. The lowest BCUT2D eigenvalue weighted by molar-refractivity contribution is 0.170. The summed E-state index contributed by atoms with van der Waals surface area (Å²) in [5, 5.41) is 0. The average molecular weight is 408 g/mol.